The lowest BCUT2D eigenvalue weighted by atomic mass is 9.82. The second kappa shape index (κ2) is 8.27. The molecule has 1 saturated heterocycles. The molecular weight excluding hydrogens is 399 g/mol. The molecule has 0 bridgehead atoms. The Hall–Kier alpha value is -2.82. The Bertz CT molecular complexity index is 1170. The summed E-state index contributed by atoms with van der Waals surface area (Å²) in [7, 11) is 0. The van der Waals surface area contributed by atoms with Gasteiger partial charge in [0.25, 0.3) is 0 Å². The van der Waals surface area contributed by atoms with Crippen molar-refractivity contribution < 1.29 is 9.18 Å². The molecule has 1 heterocycles. The molecule has 0 aromatic heterocycles. The van der Waals surface area contributed by atoms with Crippen molar-refractivity contribution in [2.24, 2.45) is 0 Å². The quantitative estimate of drug-likeness (QED) is 0.591. The van der Waals surface area contributed by atoms with Crippen LogP contribution < -0.4 is 0 Å². The average Bonchev–Trinajstić information content (AvgIpc) is 3.09. The number of carbonyl (C=O) groups is 1. The first-order valence-corrected chi connectivity index (χ1v) is 11.4. The summed E-state index contributed by atoms with van der Waals surface area (Å²) >= 11 is 0. The number of benzene rings is 3. The Morgan fingerprint density at radius 1 is 0.875 bits per heavy atom. The molecule has 1 atom stereocenters. The van der Waals surface area contributed by atoms with Crippen LogP contribution in [-0.4, -0.2) is 41.8 Å². The van der Waals surface area contributed by atoms with Gasteiger partial charge >= 0.3 is 0 Å². The summed E-state index contributed by atoms with van der Waals surface area (Å²) in [5.41, 5.74) is 4.95. The largest absolute Gasteiger partial charge is 0.297 e. The fraction of sp³-hybridized carbons (Fsp3) is 0.321. The number of Topliss-reactive ketones (excluding diaryl/α,β-unsaturated/α-hetero) is 1. The normalized spacial score (nSPS) is 21.7. The molecule has 0 spiro atoms. The third-order valence-corrected chi connectivity index (χ3v) is 7.07. The van der Waals surface area contributed by atoms with E-state index in [1.165, 1.54) is 17.2 Å². The lowest BCUT2D eigenvalue weighted by Gasteiger charge is -2.45. The highest BCUT2D eigenvalue weighted by Gasteiger charge is 2.52. The van der Waals surface area contributed by atoms with Crippen molar-refractivity contribution in [2.45, 2.75) is 32.4 Å². The number of piperazine rings is 1. The first kappa shape index (κ1) is 21.0. The van der Waals surface area contributed by atoms with Crippen LogP contribution in [0.1, 0.15) is 38.2 Å². The fourth-order valence-electron chi connectivity index (χ4n) is 5.44. The van der Waals surface area contributed by atoms with E-state index in [9.17, 15) is 9.18 Å². The fourth-order valence-corrected chi connectivity index (χ4v) is 5.44. The topological polar surface area (TPSA) is 23.6 Å². The van der Waals surface area contributed by atoms with Crippen molar-refractivity contribution in [3.05, 3.63) is 106 Å². The number of fused-ring (bicyclic) bond motifs is 1. The molecule has 0 saturated carbocycles. The molecule has 0 N–H and O–H groups in total. The predicted octanol–water partition coefficient (Wildman–Crippen LogP) is 4.89. The van der Waals surface area contributed by atoms with Gasteiger partial charge in [-0.2, -0.15) is 0 Å². The van der Waals surface area contributed by atoms with Crippen molar-refractivity contribution in [1.82, 2.24) is 9.80 Å². The second-order valence-electron chi connectivity index (χ2n) is 9.25. The van der Waals surface area contributed by atoms with Gasteiger partial charge < -0.3 is 0 Å². The Labute approximate surface area is 189 Å². The highest BCUT2D eigenvalue weighted by Crippen LogP contribution is 2.44. The molecule has 32 heavy (non-hydrogen) atoms. The first-order valence-electron chi connectivity index (χ1n) is 11.4. The van der Waals surface area contributed by atoms with E-state index in [4.69, 9.17) is 0 Å². The smallest absolute Gasteiger partial charge is 0.188 e. The van der Waals surface area contributed by atoms with Crippen molar-refractivity contribution in [2.75, 3.05) is 26.2 Å². The zero-order valence-electron chi connectivity index (χ0n) is 18.8. The standard InChI is InChI=1S/C28H29FN2O/c1-20-6-3-8-22(16-20)19-30-12-14-31(15-13-30)28(23-9-4-7-21(2)17-23)18-25-24(27(28)32)10-5-11-26(25)29/h3-11,16-17H,12-15,18-19H2,1-2H3. The second-order valence-corrected chi connectivity index (χ2v) is 9.25. The van der Waals surface area contributed by atoms with Gasteiger partial charge in [-0.15, -0.1) is 0 Å². The van der Waals surface area contributed by atoms with Crippen LogP contribution in [0.4, 0.5) is 4.39 Å². The number of ketones is 1. The van der Waals surface area contributed by atoms with Gasteiger partial charge in [0, 0.05) is 50.3 Å². The van der Waals surface area contributed by atoms with Crippen LogP contribution in [0.2, 0.25) is 0 Å². The number of hydrogen-bond donors (Lipinski definition) is 0. The van der Waals surface area contributed by atoms with Gasteiger partial charge in [-0.1, -0.05) is 71.8 Å². The van der Waals surface area contributed by atoms with E-state index in [-0.39, 0.29) is 11.6 Å². The molecule has 0 radical (unpaired) electrons. The molecular formula is C28H29FN2O. The van der Waals surface area contributed by atoms with Crippen molar-refractivity contribution >= 4 is 5.78 Å². The van der Waals surface area contributed by atoms with E-state index in [0.29, 0.717) is 17.5 Å². The number of rotatable bonds is 4. The summed E-state index contributed by atoms with van der Waals surface area (Å²) < 4.78 is 14.7. The minimum absolute atomic E-state index is 0.0322. The zero-order chi connectivity index (χ0) is 22.3. The highest BCUT2D eigenvalue weighted by molar-refractivity contribution is 6.08. The summed E-state index contributed by atoms with van der Waals surface area (Å²) in [4.78, 5) is 18.6. The van der Waals surface area contributed by atoms with Crippen molar-refractivity contribution in [3.8, 4) is 0 Å². The lowest BCUT2D eigenvalue weighted by molar-refractivity contribution is 0.0286. The van der Waals surface area contributed by atoms with Crippen LogP contribution in [0.5, 0.6) is 0 Å². The minimum atomic E-state index is -0.827. The van der Waals surface area contributed by atoms with Crippen LogP contribution >= 0.6 is 0 Å². The Morgan fingerprint density at radius 3 is 2.25 bits per heavy atom. The maximum absolute atomic E-state index is 14.7. The van der Waals surface area contributed by atoms with Crippen molar-refractivity contribution in [3.63, 3.8) is 0 Å². The van der Waals surface area contributed by atoms with Gasteiger partial charge in [-0.25, -0.2) is 4.39 Å². The maximum atomic E-state index is 14.7. The molecule has 3 aromatic rings. The molecule has 3 aromatic carbocycles. The summed E-state index contributed by atoms with van der Waals surface area (Å²) in [5, 5.41) is 0. The summed E-state index contributed by atoms with van der Waals surface area (Å²) in [5.74, 6) is -0.242. The van der Waals surface area contributed by atoms with E-state index in [1.54, 1.807) is 12.1 Å². The monoisotopic (exact) mass is 428 g/mol. The van der Waals surface area contributed by atoms with E-state index < -0.39 is 5.54 Å². The first-order chi connectivity index (χ1) is 15.5. The van der Waals surface area contributed by atoms with Gasteiger partial charge in [-0.3, -0.25) is 14.6 Å². The van der Waals surface area contributed by atoms with Gasteiger partial charge in [0.1, 0.15) is 11.4 Å². The zero-order valence-corrected chi connectivity index (χ0v) is 18.8. The Morgan fingerprint density at radius 2 is 1.56 bits per heavy atom. The molecule has 1 unspecified atom stereocenters. The third-order valence-electron chi connectivity index (χ3n) is 7.07. The van der Waals surface area contributed by atoms with Crippen LogP contribution in [-0.2, 0) is 18.5 Å². The van der Waals surface area contributed by atoms with E-state index in [2.05, 4.69) is 47.1 Å². The van der Waals surface area contributed by atoms with E-state index in [0.717, 1.165) is 43.9 Å². The molecule has 3 nitrogen and oxygen atoms in total. The van der Waals surface area contributed by atoms with E-state index in [1.807, 2.05) is 25.1 Å². The minimum Gasteiger partial charge on any atom is -0.297 e. The van der Waals surface area contributed by atoms with Gasteiger partial charge in [-0.05, 0) is 31.0 Å². The molecule has 5 rings (SSSR count). The van der Waals surface area contributed by atoms with E-state index >= 15 is 0 Å². The number of carbonyl (C=O) groups excluding carboxylic acids is 1. The third kappa shape index (κ3) is 3.58. The van der Waals surface area contributed by atoms with Crippen molar-refractivity contribution in [1.29, 1.82) is 0 Å². The SMILES string of the molecule is Cc1cccc(CN2CCN(C3(c4cccc(C)c4)Cc4c(F)cccc4C3=O)CC2)c1. The number of nitrogens with zero attached hydrogens (tertiary/aromatic N) is 2. The molecule has 2 aliphatic rings. The molecule has 1 aliphatic heterocycles. The molecule has 4 heteroatoms. The summed E-state index contributed by atoms with van der Waals surface area (Å²) in [6.45, 7) is 8.40. The molecule has 1 aliphatic carbocycles. The highest BCUT2D eigenvalue weighted by atomic mass is 19.1. The summed E-state index contributed by atoms with van der Waals surface area (Å²) in [6, 6.07) is 21.7. The molecule has 1 fully saturated rings. The van der Waals surface area contributed by atoms with Gasteiger partial charge in [0.2, 0.25) is 0 Å². The Balaban J connectivity index is 1.44. The van der Waals surface area contributed by atoms with Crippen LogP contribution in [0.15, 0.2) is 66.7 Å². The maximum Gasteiger partial charge on any atom is 0.188 e. The van der Waals surface area contributed by atoms with Gasteiger partial charge in [0.05, 0.1) is 0 Å². The Kier molecular flexibility index (Phi) is 5.44. The molecule has 164 valence electrons. The number of aryl methyl sites for hydroxylation is 2. The van der Waals surface area contributed by atoms with Crippen LogP contribution in [0.3, 0.4) is 0 Å². The number of hydrogen-bond acceptors (Lipinski definition) is 3. The van der Waals surface area contributed by atoms with Crippen LogP contribution in [0, 0.1) is 19.7 Å². The summed E-state index contributed by atoms with van der Waals surface area (Å²) in [6.07, 6.45) is 0.398. The lowest BCUT2D eigenvalue weighted by Crippen LogP contribution is -2.58. The van der Waals surface area contributed by atoms with Crippen LogP contribution in [0.25, 0.3) is 0 Å². The average molecular weight is 429 g/mol. The molecule has 0 amide bonds. The number of halogens is 1. The van der Waals surface area contributed by atoms with Gasteiger partial charge in [0.15, 0.2) is 5.78 Å². The predicted molar refractivity (Wildman–Crippen MR) is 125 cm³/mol.